The summed E-state index contributed by atoms with van der Waals surface area (Å²) in [4.78, 5) is 28.2. The number of amidine groups is 1. The summed E-state index contributed by atoms with van der Waals surface area (Å²) in [5, 5.41) is 12.8. The second-order valence-corrected chi connectivity index (χ2v) is 8.98. The van der Waals surface area contributed by atoms with Crippen LogP contribution in [0.15, 0.2) is 67.3 Å². The summed E-state index contributed by atoms with van der Waals surface area (Å²) in [5.74, 6) is -0.446. The monoisotopic (exact) mass is 536 g/mol. The molecule has 1 aromatic heterocycles. The van der Waals surface area contributed by atoms with Crippen molar-refractivity contribution >= 4 is 79.7 Å². The number of nitrogens with zero attached hydrogens (tertiary/aromatic N) is 1. The molecule has 156 valence electrons. The molecule has 1 aliphatic heterocycles. The van der Waals surface area contributed by atoms with E-state index in [9.17, 15) is 9.59 Å². The third-order valence-electron chi connectivity index (χ3n) is 4.17. The first-order chi connectivity index (χ1) is 14.8. The minimum Gasteiger partial charge on any atom is -0.478 e. The van der Waals surface area contributed by atoms with Crippen LogP contribution in [0.25, 0.3) is 17.4 Å². The van der Waals surface area contributed by atoms with E-state index < -0.39 is 5.97 Å². The summed E-state index contributed by atoms with van der Waals surface area (Å²) < 4.78 is 6.54. The number of carboxylic acids is 1. The Balaban J connectivity index is 1.54. The largest absolute Gasteiger partial charge is 0.478 e. The lowest BCUT2D eigenvalue weighted by molar-refractivity contribution is -0.115. The maximum Gasteiger partial charge on any atom is 0.337 e. The van der Waals surface area contributed by atoms with Crippen LogP contribution < -0.4 is 5.32 Å². The normalized spacial score (nSPS) is 16.2. The van der Waals surface area contributed by atoms with Crippen molar-refractivity contribution in [1.29, 1.82) is 0 Å². The molecule has 0 atom stereocenters. The number of furan rings is 1. The van der Waals surface area contributed by atoms with E-state index in [1.165, 1.54) is 23.9 Å². The second-order valence-electron chi connectivity index (χ2n) is 6.28. The van der Waals surface area contributed by atoms with Crippen LogP contribution in [0.3, 0.4) is 0 Å². The van der Waals surface area contributed by atoms with E-state index >= 15 is 0 Å². The number of hydrogen-bond donors (Lipinski definition) is 2. The van der Waals surface area contributed by atoms with Crippen LogP contribution in [0.1, 0.15) is 16.1 Å². The van der Waals surface area contributed by atoms with Gasteiger partial charge in [-0.3, -0.25) is 4.79 Å². The van der Waals surface area contributed by atoms with Gasteiger partial charge in [0.25, 0.3) is 5.91 Å². The predicted molar refractivity (Wildman–Crippen MR) is 126 cm³/mol. The molecule has 1 fully saturated rings. The Morgan fingerprint density at radius 3 is 2.65 bits per heavy atom. The van der Waals surface area contributed by atoms with Gasteiger partial charge in [0.2, 0.25) is 0 Å². The molecule has 0 saturated carbocycles. The molecule has 4 rings (SSSR count). The van der Waals surface area contributed by atoms with E-state index in [4.69, 9.17) is 32.7 Å². The lowest BCUT2D eigenvalue weighted by Crippen LogP contribution is -2.19. The summed E-state index contributed by atoms with van der Waals surface area (Å²) in [7, 11) is 0. The molecule has 1 saturated heterocycles. The lowest BCUT2D eigenvalue weighted by Gasteiger charge is -2.01. The average Bonchev–Trinajstić information content (AvgIpc) is 3.31. The van der Waals surface area contributed by atoms with E-state index in [2.05, 4.69) is 26.2 Å². The van der Waals surface area contributed by atoms with Gasteiger partial charge in [-0.2, -0.15) is 0 Å². The number of aliphatic imine (C=N–C) groups is 1. The molecule has 6 nitrogen and oxygen atoms in total. The highest BCUT2D eigenvalue weighted by Gasteiger charge is 2.24. The molecule has 0 aliphatic carbocycles. The van der Waals surface area contributed by atoms with Crippen molar-refractivity contribution in [2.24, 2.45) is 4.99 Å². The Labute approximate surface area is 199 Å². The molecule has 2 aromatic carbocycles. The Kier molecular flexibility index (Phi) is 6.24. The zero-order chi connectivity index (χ0) is 22.1. The van der Waals surface area contributed by atoms with Gasteiger partial charge in [0.05, 0.1) is 26.2 Å². The summed E-state index contributed by atoms with van der Waals surface area (Å²) in [6.45, 7) is 0. The summed E-state index contributed by atoms with van der Waals surface area (Å²) in [6.07, 6.45) is 1.60. The molecular weight excluding hydrogens is 527 g/mol. The smallest absolute Gasteiger partial charge is 0.337 e. The Hall–Kier alpha value is -2.52. The summed E-state index contributed by atoms with van der Waals surface area (Å²) >= 11 is 16.6. The van der Waals surface area contributed by atoms with Gasteiger partial charge in [0, 0.05) is 16.1 Å². The van der Waals surface area contributed by atoms with Gasteiger partial charge < -0.3 is 14.8 Å². The molecule has 3 aromatic rings. The summed E-state index contributed by atoms with van der Waals surface area (Å²) in [5.41, 5.74) is 1.24. The van der Waals surface area contributed by atoms with Crippen LogP contribution in [0.4, 0.5) is 5.69 Å². The highest BCUT2D eigenvalue weighted by atomic mass is 79.9. The molecule has 0 spiro atoms. The number of thioether (sulfide) groups is 1. The Morgan fingerprint density at radius 1 is 1.13 bits per heavy atom. The standard InChI is InChI=1S/C21H11BrCl2N2O4S/c22-14-5-2-11(8-16(14)24)25-21-26-19(27)18(31-21)9-12-3-6-17(30-12)10-1-4-13(20(28)29)15(23)7-10/h1-9H,(H,28,29)(H,25,26,27)/b18-9-. The first kappa shape index (κ1) is 21.7. The van der Waals surface area contributed by atoms with Gasteiger partial charge in [-0.05, 0) is 70.2 Å². The van der Waals surface area contributed by atoms with Crippen molar-refractivity contribution in [2.75, 3.05) is 0 Å². The third kappa shape index (κ3) is 4.88. The van der Waals surface area contributed by atoms with Crippen LogP contribution in [0.5, 0.6) is 0 Å². The minimum absolute atomic E-state index is 0.0113. The van der Waals surface area contributed by atoms with Crippen LogP contribution in [-0.4, -0.2) is 22.2 Å². The van der Waals surface area contributed by atoms with Crippen molar-refractivity contribution in [3.8, 4) is 11.3 Å². The fourth-order valence-electron chi connectivity index (χ4n) is 2.71. The highest BCUT2D eigenvalue weighted by Crippen LogP contribution is 2.32. The van der Waals surface area contributed by atoms with Crippen LogP contribution in [0, 0.1) is 0 Å². The third-order valence-corrected chi connectivity index (χ3v) is 6.62. The zero-order valence-electron chi connectivity index (χ0n) is 15.4. The van der Waals surface area contributed by atoms with E-state index in [-0.39, 0.29) is 16.5 Å². The zero-order valence-corrected chi connectivity index (χ0v) is 19.3. The van der Waals surface area contributed by atoms with E-state index in [1.54, 1.807) is 42.5 Å². The number of hydrogen-bond acceptors (Lipinski definition) is 5. The maximum absolute atomic E-state index is 12.3. The quantitative estimate of drug-likeness (QED) is 0.365. The number of halogens is 3. The molecule has 10 heteroatoms. The van der Waals surface area contributed by atoms with Crippen LogP contribution in [0.2, 0.25) is 10.0 Å². The number of nitrogens with one attached hydrogen (secondary N) is 1. The van der Waals surface area contributed by atoms with E-state index in [0.29, 0.717) is 37.9 Å². The van der Waals surface area contributed by atoms with Gasteiger partial charge in [0.15, 0.2) is 5.17 Å². The van der Waals surface area contributed by atoms with Gasteiger partial charge >= 0.3 is 5.97 Å². The topological polar surface area (TPSA) is 91.9 Å². The number of amides is 1. The Morgan fingerprint density at radius 2 is 1.94 bits per heavy atom. The van der Waals surface area contributed by atoms with Crippen molar-refractivity contribution in [2.45, 2.75) is 0 Å². The minimum atomic E-state index is -1.10. The van der Waals surface area contributed by atoms with E-state index in [1.807, 2.05) is 0 Å². The van der Waals surface area contributed by atoms with Gasteiger partial charge in [-0.25, -0.2) is 9.79 Å². The number of rotatable bonds is 4. The average molecular weight is 538 g/mol. The number of aromatic carboxylic acids is 1. The molecule has 1 aliphatic rings. The highest BCUT2D eigenvalue weighted by molar-refractivity contribution is 9.10. The number of carbonyl (C=O) groups is 2. The predicted octanol–water partition coefficient (Wildman–Crippen LogP) is 6.61. The van der Waals surface area contributed by atoms with Gasteiger partial charge in [0.1, 0.15) is 11.5 Å². The van der Waals surface area contributed by atoms with Crippen molar-refractivity contribution < 1.29 is 19.1 Å². The molecule has 31 heavy (non-hydrogen) atoms. The number of carbonyl (C=O) groups excluding carboxylic acids is 1. The first-order valence-electron chi connectivity index (χ1n) is 8.68. The summed E-state index contributed by atoms with van der Waals surface area (Å²) in [6, 6.07) is 13.2. The van der Waals surface area contributed by atoms with Crippen LogP contribution >= 0.6 is 50.9 Å². The van der Waals surface area contributed by atoms with Crippen molar-refractivity contribution in [1.82, 2.24) is 5.32 Å². The molecule has 0 radical (unpaired) electrons. The lowest BCUT2D eigenvalue weighted by atomic mass is 10.1. The number of benzene rings is 2. The molecule has 0 unspecified atom stereocenters. The molecule has 0 bridgehead atoms. The fraction of sp³-hybridized carbons (Fsp3) is 0. The van der Waals surface area contributed by atoms with E-state index in [0.717, 1.165) is 4.47 Å². The number of carboxylic acid groups (broad SMARTS) is 1. The first-order valence-corrected chi connectivity index (χ1v) is 11.0. The Bertz CT molecular complexity index is 1290. The second kappa shape index (κ2) is 8.92. The molecule has 2 heterocycles. The van der Waals surface area contributed by atoms with Gasteiger partial charge in [-0.1, -0.05) is 29.3 Å². The molecule has 2 N–H and O–H groups in total. The SMILES string of the molecule is O=C1NC(=Nc2ccc(Br)c(Cl)c2)S/C1=C\c1ccc(-c2ccc(C(=O)O)c(Cl)c2)o1. The van der Waals surface area contributed by atoms with Crippen LogP contribution in [-0.2, 0) is 4.79 Å². The molecule has 1 amide bonds. The van der Waals surface area contributed by atoms with Crippen molar-refractivity contribution in [3.05, 3.63) is 79.3 Å². The fourth-order valence-corrected chi connectivity index (χ4v) is 4.21. The maximum atomic E-state index is 12.3. The van der Waals surface area contributed by atoms with Gasteiger partial charge in [-0.15, -0.1) is 0 Å². The van der Waals surface area contributed by atoms with Crippen molar-refractivity contribution in [3.63, 3.8) is 0 Å². The molecular formula is C21H11BrCl2N2O4S.